The molecule has 0 spiro atoms. The van der Waals surface area contributed by atoms with Crippen LogP contribution in [0, 0.1) is 6.92 Å². The van der Waals surface area contributed by atoms with Crippen LogP contribution in [-0.4, -0.2) is 36.3 Å². The van der Waals surface area contributed by atoms with Crippen LogP contribution in [0.2, 0.25) is 0 Å². The molecule has 2 N–H and O–H groups in total. The van der Waals surface area contributed by atoms with E-state index < -0.39 is 0 Å². The first-order valence-corrected chi connectivity index (χ1v) is 11.5. The molecule has 0 saturated carbocycles. The van der Waals surface area contributed by atoms with Crippen molar-refractivity contribution in [2.45, 2.75) is 47.0 Å². The Morgan fingerprint density at radius 2 is 1.83 bits per heavy atom. The summed E-state index contributed by atoms with van der Waals surface area (Å²) in [5.41, 5.74) is 3.49. The van der Waals surface area contributed by atoms with Gasteiger partial charge in [0.25, 0.3) is 0 Å². The number of hydrogen-bond donors (Lipinski definition) is 1. The average Bonchev–Trinajstić information content (AvgIpc) is 2.75. The van der Waals surface area contributed by atoms with Crippen molar-refractivity contribution in [1.82, 2.24) is 4.90 Å². The maximum atomic E-state index is 12.2. The summed E-state index contributed by atoms with van der Waals surface area (Å²) in [6, 6.07) is 16.5. The number of nitrogens with zero attached hydrogens (tertiary/aromatic N) is 1. The molecule has 2 aromatic carbocycles. The predicted molar refractivity (Wildman–Crippen MR) is 126 cm³/mol. The molecule has 0 aromatic heterocycles. The number of aryl methyl sites for hydroxylation is 1. The lowest BCUT2D eigenvalue weighted by molar-refractivity contribution is -0.131. The monoisotopic (exact) mass is 416 g/mol. The van der Waals surface area contributed by atoms with E-state index in [4.69, 9.17) is 9.88 Å². The number of nitrogens with two attached hydrogens (primary N) is 1. The molecular weight excluding hydrogens is 380 g/mol. The average molecular weight is 417 g/mol. The Hall–Kier alpha value is -1.98. The summed E-state index contributed by atoms with van der Waals surface area (Å²) in [5, 5.41) is 4.94. The van der Waals surface area contributed by atoms with Crippen LogP contribution in [-0.2, 0) is 4.79 Å². The quantitative estimate of drug-likeness (QED) is 0.399. The number of rotatable bonds is 10. The third-order valence-electron chi connectivity index (χ3n) is 4.40. The lowest BCUT2D eigenvalue weighted by Gasteiger charge is -2.20. The van der Waals surface area contributed by atoms with Gasteiger partial charge in [0.2, 0.25) is 5.91 Å². The van der Waals surface area contributed by atoms with Gasteiger partial charge in [-0.2, -0.15) is 0 Å². The van der Waals surface area contributed by atoms with Crippen molar-refractivity contribution in [2.24, 2.45) is 5.14 Å². The van der Waals surface area contributed by atoms with Gasteiger partial charge >= 0.3 is 0 Å². The normalized spacial score (nSPS) is 10.1. The Kier molecular flexibility index (Phi) is 12.9. The molecule has 2 rings (SSSR count). The van der Waals surface area contributed by atoms with Crippen LogP contribution in [0.25, 0.3) is 11.1 Å². The number of para-hydroxylation sites is 1. The van der Waals surface area contributed by atoms with Gasteiger partial charge in [-0.15, -0.1) is 0 Å². The van der Waals surface area contributed by atoms with Gasteiger partial charge in [-0.3, -0.25) is 9.93 Å². The minimum Gasteiger partial charge on any atom is -0.493 e. The molecule has 0 aliphatic carbocycles. The second kappa shape index (κ2) is 14.9. The van der Waals surface area contributed by atoms with E-state index in [0.29, 0.717) is 13.0 Å². The maximum Gasteiger partial charge on any atom is 0.222 e. The van der Waals surface area contributed by atoms with Crippen molar-refractivity contribution in [3.8, 4) is 16.9 Å². The molecule has 0 atom stereocenters. The molecule has 0 heterocycles. The standard InChI is InChI=1S/C22H29NO2.C2H7NS/c1-4-15-23(5-2)22(24)14-9-16-25-21-13-7-6-12-20(21)19-11-8-10-18(3)17-19;1-2-4-3/h6-8,10-13,17H,4-5,9,14-16H2,1-3H3;2-3H2,1H3. The predicted octanol–water partition coefficient (Wildman–Crippen LogP) is 5.69. The minimum absolute atomic E-state index is 0.222. The first kappa shape index (κ1) is 25.1. The van der Waals surface area contributed by atoms with E-state index in [-0.39, 0.29) is 5.91 Å². The highest BCUT2D eigenvalue weighted by atomic mass is 32.2. The molecule has 0 radical (unpaired) electrons. The Bertz CT molecular complexity index is 720. The van der Waals surface area contributed by atoms with Crippen LogP contribution in [0.1, 0.15) is 45.6 Å². The number of ether oxygens (including phenoxy) is 1. The van der Waals surface area contributed by atoms with Crippen LogP contribution < -0.4 is 9.88 Å². The number of benzene rings is 2. The molecule has 0 bridgehead atoms. The number of carbonyl (C=O) groups is 1. The van der Waals surface area contributed by atoms with Gasteiger partial charge in [0.15, 0.2) is 0 Å². The number of carbonyl (C=O) groups excluding carboxylic acids is 1. The summed E-state index contributed by atoms with van der Waals surface area (Å²) in [5.74, 6) is 2.11. The molecule has 1 amide bonds. The van der Waals surface area contributed by atoms with E-state index in [2.05, 4.69) is 44.2 Å². The van der Waals surface area contributed by atoms with Crippen LogP contribution >= 0.6 is 11.9 Å². The lowest BCUT2D eigenvalue weighted by atomic mass is 10.0. The fraction of sp³-hybridized carbons (Fsp3) is 0.458. The van der Waals surface area contributed by atoms with Gasteiger partial charge in [0.05, 0.1) is 6.61 Å². The van der Waals surface area contributed by atoms with Gasteiger partial charge < -0.3 is 9.64 Å². The largest absolute Gasteiger partial charge is 0.493 e. The van der Waals surface area contributed by atoms with Crippen molar-refractivity contribution in [3.05, 3.63) is 54.1 Å². The summed E-state index contributed by atoms with van der Waals surface area (Å²) in [6.45, 7) is 10.4. The molecule has 2 aromatic rings. The zero-order chi connectivity index (χ0) is 21.5. The second-order valence-electron chi connectivity index (χ2n) is 6.75. The number of hydrogen-bond acceptors (Lipinski definition) is 4. The highest BCUT2D eigenvalue weighted by Gasteiger charge is 2.11. The maximum absolute atomic E-state index is 12.2. The van der Waals surface area contributed by atoms with Crippen molar-refractivity contribution in [3.63, 3.8) is 0 Å². The second-order valence-corrected chi connectivity index (χ2v) is 7.66. The lowest BCUT2D eigenvalue weighted by Crippen LogP contribution is -2.31. The molecule has 5 heteroatoms. The van der Waals surface area contributed by atoms with E-state index in [9.17, 15) is 4.79 Å². The third-order valence-corrected chi connectivity index (χ3v) is 4.74. The zero-order valence-corrected chi connectivity index (χ0v) is 19.1. The van der Waals surface area contributed by atoms with E-state index in [1.165, 1.54) is 17.5 Å². The summed E-state index contributed by atoms with van der Waals surface area (Å²) in [7, 11) is 0. The van der Waals surface area contributed by atoms with Gasteiger partial charge in [0.1, 0.15) is 5.75 Å². The van der Waals surface area contributed by atoms with Crippen molar-refractivity contribution in [1.29, 1.82) is 0 Å². The van der Waals surface area contributed by atoms with Crippen LogP contribution in [0.4, 0.5) is 0 Å². The van der Waals surface area contributed by atoms with Crippen LogP contribution in [0.3, 0.4) is 0 Å². The van der Waals surface area contributed by atoms with Crippen LogP contribution in [0.5, 0.6) is 5.75 Å². The summed E-state index contributed by atoms with van der Waals surface area (Å²) >= 11 is 1.36. The molecule has 0 aliphatic heterocycles. The Morgan fingerprint density at radius 1 is 1.10 bits per heavy atom. The zero-order valence-electron chi connectivity index (χ0n) is 18.3. The molecule has 0 unspecified atom stereocenters. The van der Waals surface area contributed by atoms with Crippen molar-refractivity contribution in [2.75, 3.05) is 25.4 Å². The molecular formula is C24H36N2O2S. The minimum atomic E-state index is 0.222. The Labute approximate surface area is 181 Å². The first-order valence-electron chi connectivity index (χ1n) is 10.5. The SMILES string of the molecule is CCCN(CC)C(=O)CCCOc1ccccc1-c1cccc(C)c1.CCSN. The first-order chi connectivity index (χ1) is 14.1. The summed E-state index contributed by atoms with van der Waals surface area (Å²) in [6.07, 6.45) is 2.28. The van der Waals surface area contributed by atoms with Crippen molar-refractivity contribution >= 4 is 17.9 Å². The van der Waals surface area contributed by atoms with E-state index in [0.717, 1.165) is 48.6 Å². The van der Waals surface area contributed by atoms with Gasteiger partial charge in [-0.1, -0.05) is 73.8 Å². The smallest absolute Gasteiger partial charge is 0.222 e. The highest BCUT2D eigenvalue weighted by molar-refractivity contribution is 7.97. The fourth-order valence-corrected chi connectivity index (χ4v) is 2.94. The van der Waals surface area contributed by atoms with Crippen LogP contribution in [0.15, 0.2) is 48.5 Å². The van der Waals surface area contributed by atoms with Gasteiger partial charge in [-0.25, -0.2) is 0 Å². The fourth-order valence-electron chi connectivity index (χ4n) is 2.94. The van der Waals surface area contributed by atoms with E-state index in [1.807, 2.05) is 36.9 Å². The van der Waals surface area contributed by atoms with Gasteiger partial charge in [0, 0.05) is 30.8 Å². The Morgan fingerprint density at radius 3 is 2.45 bits per heavy atom. The van der Waals surface area contributed by atoms with E-state index in [1.54, 1.807) is 0 Å². The highest BCUT2D eigenvalue weighted by Crippen LogP contribution is 2.30. The van der Waals surface area contributed by atoms with E-state index >= 15 is 0 Å². The van der Waals surface area contributed by atoms with Gasteiger partial charge in [-0.05, 0) is 38.3 Å². The molecule has 160 valence electrons. The number of amides is 1. The molecule has 0 saturated heterocycles. The summed E-state index contributed by atoms with van der Waals surface area (Å²) < 4.78 is 5.98. The van der Waals surface area contributed by atoms with Crippen molar-refractivity contribution < 1.29 is 9.53 Å². The molecule has 0 fully saturated rings. The molecule has 29 heavy (non-hydrogen) atoms. The summed E-state index contributed by atoms with van der Waals surface area (Å²) in [4.78, 5) is 14.1. The Balaban J connectivity index is 0.000000960. The third kappa shape index (κ3) is 9.37. The topological polar surface area (TPSA) is 55.6 Å². The molecule has 4 nitrogen and oxygen atoms in total. The molecule has 0 aliphatic rings.